The van der Waals surface area contributed by atoms with Crippen LogP contribution in [0.15, 0.2) is 42.9 Å². The van der Waals surface area contributed by atoms with Gasteiger partial charge in [0.25, 0.3) is 5.91 Å². The maximum atomic E-state index is 12.3. The van der Waals surface area contributed by atoms with E-state index in [9.17, 15) is 4.79 Å². The second-order valence-electron chi connectivity index (χ2n) is 4.00. The van der Waals surface area contributed by atoms with Crippen LogP contribution in [0.1, 0.15) is 23.0 Å². The van der Waals surface area contributed by atoms with Crippen molar-refractivity contribution in [3.8, 4) is 0 Å². The minimum Gasteiger partial charge on any atom is -0.333 e. The van der Waals surface area contributed by atoms with Gasteiger partial charge in [0.15, 0.2) is 0 Å². The molecule has 0 saturated heterocycles. The minimum atomic E-state index is -0.143. The monoisotopic (exact) mass is 275 g/mol. The van der Waals surface area contributed by atoms with Crippen molar-refractivity contribution in [3.05, 3.63) is 59.1 Å². The maximum absolute atomic E-state index is 12.3. The van der Waals surface area contributed by atoms with Crippen LogP contribution in [0.2, 0.25) is 5.02 Å². The number of nitrogens with zero attached hydrogens (tertiary/aromatic N) is 3. The fourth-order valence-corrected chi connectivity index (χ4v) is 1.93. The van der Waals surface area contributed by atoms with Crippen LogP contribution < -0.4 is 0 Å². The van der Waals surface area contributed by atoms with Crippen LogP contribution in [-0.2, 0) is 6.54 Å². The van der Waals surface area contributed by atoms with E-state index >= 15 is 0 Å². The molecule has 2 rings (SSSR count). The highest BCUT2D eigenvalue weighted by molar-refractivity contribution is 6.31. The summed E-state index contributed by atoms with van der Waals surface area (Å²) in [5.74, 6) is -0.143. The number of hydrogen-bond acceptors (Lipinski definition) is 3. The van der Waals surface area contributed by atoms with Crippen molar-refractivity contribution in [2.75, 3.05) is 6.54 Å². The highest BCUT2D eigenvalue weighted by atomic mass is 35.5. The number of aromatic nitrogens is 2. The van der Waals surface area contributed by atoms with E-state index in [2.05, 4.69) is 9.97 Å². The Morgan fingerprint density at radius 2 is 2.11 bits per heavy atom. The number of halogens is 1. The van der Waals surface area contributed by atoms with Crippen LogP contribution >= 0.6 is 11.6 Å². The molecule has 0 aliphatic carbocycles. The summed E-state index contributed by atoms with van der Waals surface area (Å²) in [5, 5.41) is 0.660. The zero-order valence-electron chi connectivity index (χ0n) is 10.6. The number of hydrogen-bond donors (Lipinski definition) is 0. The van der Waals surface area contributed by atoms with Gasteiger partial charge in [-0.05, 0) is 18.6 Å². The molecule has 5 heteroatoms. The van der Waals surface area contributed by atoms with Crippen molar-refractivity contribution >= 4 is 17.5 Å². The van der Waals surface area contributed by atoms with Gasteiger partial charge in [0, 0.05) is 30.5 Å². The molecule has 0 N–H and O–H groups in total. The van der Waals surface area contributed by atoms with Gasteiger partial charge in [-0.3, -0.25) is 9.78 Å². The highest BCUT2D eigenvalue weighted by Gasteiger charge is 2.16. The lowest BCUT2D eigenvalue weighted by Gasteiger charge is -2.20. The summed E-state index contributed by atoms with van der Waals surface area (Å²) in [6.07, 6.45) is 4.52. The predicted octanol–water partition coefficient (Wildman–Crippen LogP) is 2.79. The number of rotatable bonds is 4. The summed E-state index contributed by atoms with van der Waals surface area (Å²) >= 11 is 6.11. The van der Waals surface area contributed by atoms with E-state index in [1.165, 1.54) is 12.4 Å². The third-order valence-electron chi connectivity index (χ3n) is 2.77. The Hall–Kier alpha value is -1.94. The smallest absolute Gasteiger partial charge is 0.274 e. The number of carbonyl (C=O) groups is 1. The molecule has 0 aliphatic heterocycles. The number of benzene rings is 1. The summed E-state index contributed by atoms with van der Waals surface area (Å²) in [6, 6.07) is 7.50. The SMILES string of the molecule is CCN(Cc1ccccc1Cl)C(=O)c1cnccn1. The van der Waals surface area contributed by atoms with Gasteiger partial charge in [0.2, 0.25) is 0 Å². The van der Waals surface area contributed by atoms with E-state index < -0.39 is 0 Å². The van der Waals surface area contributed by atoms with Crippen LogP contribution in [0.3, 0.4) is 0 Å². The molecule has 0 bridgehead atoms. The molecule has 0 saturated carbocycles. The molecule has 4 nitrogen and oxygen atoms in total. The molecule has 0 fully saturated rings. The summed E-state index contributed by atoms with van der Waals surface area (Å²) in [4.78, 5) is 21.9. The summed E-state index contributed by atoms with van der Waals surface area (Å²) in [6.45, 7) is 2.97. The molecule has 19 heavy (non-hydrogen) atoms. The standard InChI is InChI=1S/C14H14ClN3O/c1-2-18(10-11-5-3-4-6-12(11)15)14(19)13-9-16-7-8-17-13/h3-9H,2,10H2,1H3. The molecule has 0 radical (unpaired) electrons. The van der Waals surface area contributed by atoms with Crippen molar-refractivity contribution in [1.82, 2.24) is 14.9 Å². The van der Waals surface area contributed by atoms with Crippen LogP contribution in [0.4, 0.5) is 0 Å². The number of carbonyl (C=O) groups excluding carboxylic acids is 1. The van der Waals surface area contributed by atoms with Crippen LogP contribution in [-0.4, -0.2) is 27.3 Å². The first kappa shape index (κ1) is 13.5. The van der Waals surface area contributed by atoms with Gasteiger partial charge in [0.1, 0.15) is 5.69 Å². The quantitative estimate of drug-likeness (QED) is 0.862. The lowest BCUT2D eigenvalue weighted by molar-refractivity contribution is 0.0746. The lowest BCUT2D eigenvalue weighted by Crippen LogP contribution is -2.31. The second-order valence-corrected chi connectivity index (χ2v) is 4.41. The Bertz CT molecular complexity index is 560. The van der Waals surface area contributed by atoms with Crippen molar-refractivity contribution in [1.29, 1.82) is 0 Å². The number of amides is 1. The Morgan fingerprint density at radius 1 is 1.32 bits per heavy atom. The van der Waals surface area contributed by atoms with Crippen molar-refractivity contribution in [2.24, 2.45) is 0 Å². The predicted molar refractivity (Wildman–Crippen MR) is 73.9 cm³/mol. The van der Waals surface area contributed by atoms with Crippen molar-refractivity contribution in [3.63, 3.8) is 0 Å². The molecule has 0 aliphatic rings. The van der Waals surface area contributed by atoms with Gasteiger partial charge in [-0.25, -0.2) is 4.98 Å². The third kappa shape index (κ3) is 3.29. The lowest BCUT2D eigenvalue weighted by atomic mass is 10.2. The summed E-state index contributed by atoms with van der Waals surface area (Å²) in [5.41, 5.74) is 1.26. The first-order valence-corrected chi connectivity index (χ1v) is 6.39. The fraction of sp³-hybridized carbons (Fsp3) is 0.214. The highest BCUT2D eigenvalue weighted by Crippen LogP contribution is 2.17. The Kier molecular flexibility index (Phi) is 4.47. The first-order chi connectivity index (χ1) is 9.22. The van der Waals surface area contributed by atoms with Crippen molar-refractivity contribution < 1.29 is 4.79 Å². The van der Waals surface area contributed by atoms with E-state index in [4.69, 9.17) is 11.6 Å². The normalized spacial score (nSPS) is 10.2. The molecular weight excluding hydrogens is 262 g/mol. The van der Waals surface area contributed by atoms with E-state index in [0.717, 1.165) is 5.56 Å². The third-order valence-corrected chi connectivity index (χ3v) is 3.14. The van der Waals surface area contributed by atoms with E-state index in [1.54, 1.807) is 11.1 Å². The Labute approximate surface area is 117 Å². The van der Waals surface area contributed by atoms with E-state index in [0.29, 0.717) is 23.8 Å². The zero-order valence-corrected chi connectivity index (χ0v) is 11.3. The molecule has 1 aromatic heterocycles. The average molecular weight is 276 g/mol. The fourth-order valence-electron chi connectivity index (χ4n) is 1.73. The molecule has 0 atom stereocenters. The van der Waals surface area contributed by atoms with E-state index in [1.807, 2.05) is 31.2 Å². The zero-order chi connectivity index (χ0) is 13.7. The van der Waals surface area contributed by atoms with Gasteiger partial charge in [0.05, 0.1) is 6.20 Å². The van der Waals surface area contributed by atoms with Crippen LogP contribution in [0.25, 0.3) is 0 Å². The molecule has 0 spiro atoms. The second kappa shape index (κ2) is 6.29. The van der Waals surface area contributed by atoms with Gasteiger partial charge in [-0.15, -0.1) is 0 Å². The Morgan fingerprint density at radius 3 is 2.74 bits per heavy atom. The summed E-state index contributed by atoms with van der Waals surface area (Å²) < 4.78 is 0. The van der Waals surface area contributed by atoms with Crippen LogP contribution in [0, 0.1) is 0 Å². The van der Waals surface area contributed by atoms with E-state index in [-0.39, 0.29) is 5.91 Å². The largest absolute Gasteiger partial charge is 0.333 e. The van der Waals surface area contributed by atoms with Gasteiger partial charge in [-0.2, -0.15) is 0 Å². The molecule has 1 aromatic carbocycles. The average Bonchev–Trinajstić information content (AvgIpc) is 2.47. The van der Waals surface area contributed by atoms with Gasteiger partial charge >= 0.3 is 0 Å². The van der Waals surface area contributed by atoms with Crippen molar-refractivity contribution in [2.45, 2.75) is 13.5 Å². The Balaban J connectivity index is 2.17. The molecule has 1 heterocycles. The van der Waals surface area contributed by atoms with Gasteiger partial charge in [-0.1, -0.05) is 29.8 Å². The summed E-state index contributed by atoms with van der Waals surface area (Å²) in [7, 11) is 0. The van der Waals surface area contributed by atoms with Gasteiger partial charge < -0.3 is 4.90 Å². The minimum absolute atomic E-state index is 0.143. The van der Waals surface area contributed by atoms with Crippen LogP contribution in [0.5, 0.6) is 0 Å². The molecule has 98 valence electrons. The molecular formula is C14H14ClN3O. The topological polar surface area (TPSA) is 46.1 Å². The molecule has 1 amide bonds. The molecule has 2 aromatic rings. The molecule has 0 unspecified atom stereocenters. The maximum Gasteiger partial charge on any atom is 0.274 e. The first-order valence-electron chi connectivity index (χ1n) is 6.01.